The minimum absolute atomic E-state index is 0.293. The minimum Gasteiger partial charge on any atom is -0.443 e. The lowest BCUT2D eigenvalue weighted by atomic mass is 9.88. The third-order valence-corrected chi connectivity index (χ3v) is 5.75. The number of thiophene rings is 1. The molecule has 0 bridgehead atoms. The number of oxazole rings is 1. The highest BCUT2D eigenvalue weighted by molar-refractivity contribution is 7.17. The summed E-state index contributed by atoms with van der Waals surface area (Å²) in [6, 6.07) is 5.03. The molecule has 2 aromatic heterocycles. The molecular weight excluding hydrogens is 338 g/mol. The Morgan fingerprint density at radius 2 is 2.24 bits per heavy atom. The van der Waals surface area contributed by atoms with Gasteiger partial charge in [-0.2, -0.15) is 0 Å². The molecule has 1 aliphatic rings. The van der Waals surface area contributed by atoms with Crippen molar-refractivity contribution in [1.82, 2.24) is 4.98 Å². The highest BCUT2D eigenvalue weighted by Crippen LogP contribution is 2.39. The molecule has 1 unspecified atom stereocenters. The van der Waals surface area contributed by atoms with Gasteiger partial charge in [0.05, 0.1) is 5.56 Å². The predicted molar refractivity (Wildman–Crippen MR) is 96.0 cm³/mol. The van der Waals surface area contributed by atoms with Crippen LogP contribution in [0.2, 0.25) is 0 Å². The number of nitrogens with one attached hydrogen (secondary N) is 1. The maximum absolute atomic E-state index is 12.6. The molecule has 128 valence electrons. The van der Waals surface area contributed by atoms with E-state index in [4.69, 9.17) is 10.2 Å². The van der Waals surface area contributed by atoms with Crippen molar-refractivity contribution in [3.8, 4) is 0 Å². The lowest BCUT2D eigenvalue weighted by molar-refractivity contribution is 0.1000. The fraction of sp³-hybridized carbons (Fsp3) is 0.278. The van der Waals surface area contributed by atoms with E-state index in [1.807, 2.05) is 0 Å². The van der Waals surface area contributed by atoms with Crippen molar-refractivity contribution < 1.29 is 14.0 Å². The Bertz CT molecular complexity index is 989. The van der Waals surface area contributed by atoms with E-state index >= 15 is 0 Å². The van der Waals surface area contributed by atoms with Gasteiger partial charge < -0.3 is 15.5 Å². The van der Waals surface area contributed by atoms with Crippen LogP contribution in [0.5, 0.6) is 0 Å². The third kappa shape index (κ3) is 2.80. The summed E-state index contributed by atoms with van der Waals surface area (Å²) in [6.45, 7) is 2.19. The average Bonchev–Trinajstić information content (AvgIpc) is 3.17. The van der Waals surface area contributed by atoms with E-state index < -0.39 is 5.91 Å². The summed E-state index contributed by atoms with van der Waals surface area (Å²) in [5, 5.41) is 3.40. The van der Waals surface area contributed by atoms with Crippen molar-refractivity contribution in [2.24, 2.45) is 11.7 Å². The van der Waals surface area contributed by atoms with E-state index in [0.29, 0.717) is 33.1 Å². The van der Waals surface area contributed by atoms with Crippen LogP contribution in [0.15, 0.2) is 29.0 Å². The van der Waals surface area contributed by atoms with Gasteiger partial charge in [0, 0.05) is 10.4 Å². The van der Waals surface area contributed by atoms with Crippen LogP contribution < -0.4 is 11.1 Å². The van der Waals surface area contributed by atoms with Gasteiger partial charge in [0.25, 0.3) is 11.8 Å². The van der Waals surface area contributed by atoms with Gasteiger partial charge in [-0.3, -0.25) is 9.59 Å². The largest absolute Gasteiger partial charge is 0.443 e. The number of nitrogens with zero attached hydrogens (tertiary/aromatic N) is 1. The standard InChI is InChI=1S/C18H17N3O3S/c1-9-2-4-11-14(6-9)25-18(15(11)16(19)22)21-17(23)10-3-5-13-12(7-10)20-8-24-13/h3,5,7-9H,2,4,6H2,1H3,(H2,19,22)(H,21,23). The Labute approximate surface area is 148 Å². The number of amides is 2. The van der Waals surface area contributed by atoms with E-state index in [2.05, 4.69) is 17.2 Å². The molecule has 0 saturated heterocycles. The van der Waals surface area contributed by atoms with E-state index in [-0.39, 0.29) is 5.91 Å². The molecule has 1 atom stereocenters. The predicted octanol–water partition coefficient (Wildman–Crippen LogP) is 3.37. The Morgan fingerprint density at radius 1 is 1.40 bits per heavy atom. The lowest BCUT2D eigenvalue weighted by Gasteiger charge is -2.18. The first-order chi connectivity index (χ1) is 12.0. The van der Waals surface area contributed by atoms with Crippen molar-refractivity contribution in [2.75, 3.05) is 5.32 Å². The number of nitrogens with two attached hydrogens (primary N) is 1. The Kier molecular flexibility index (Phi) is 3.80. The molecular formula is C18H17N3O3S. The van der Waals surface area contributed by atoms with Crippen LogP contribution >= 0.6 is 11.3 Å². The molecule has 0 radical (unpaired) electrons. The van der Waals surface area contributed by atoms with Crippen LogP contribution in [-0.2, 0) is 12.8 Å². The molecule has 0 spiro atoms. The van der Waals surface area contributed by atoms with Gasteiger partial charge in [0.1, 0.15) is 10.5 Å². The van der Waals surface area contributed by atoms with Gasteiger partial charge in [0.15, 0.2) is 12.0 Å². The zero-order chi connectivity index (χ0) is 17.6. The number of anilines is 1. The molecule has 1 aliphatic carbocycles. The zero-order valence-electron chi connectivity index (χ0n) is 13.7. The van der Waals surface area contributed by atoms with Crippen LogP contribution in [0, 0.1) is 5.92 Å². The minimum atomic E-state index is -0.491. The van der Waals surface area contributed by atoms with Gasteiger partial charge in [-0.25, -0.2) is 4.98 Å². The van der Waals surface area contributed by atoms with E-state index in [0.717, 1.165) is 29.7 Å². The maximum Gasteiger partial charge on any atom is 0.256 e. The summed E-state index contributed by atoms with van der Waals surface area (Å²) in [5.41, 5.74) is 8.73. The molecule has 7 heteroatoms. The van der Waals surface area contributed by atoms with Crippen molar-refractivity contribution in [2.45, 2.75) is 26.2 Å². The average molecular weight is 355 g/mol. The molecule has 25 heavy (non-hydrogen) atoms. The summed E-state index contributed by atoms with van der Waals surface area (Å²) in [4.78, 5) is 29.8. The molecule has 2 heterocycles. The van der Waals surface area contributed by atoms with Gasteiger partial charge >= 0.3 is 0 Å². The number of hydrogen-bond acceptors (Lipinski definition) is 5. The number of aromatic nitrogens is 1. The molecule has 1 aromatic carbocycles. The first kappa shape index (κ1) is 15.8. The lowest BCUT2D eigenvalue weighted by Crippen LogP contribution is -2.19. The van der Waals surface area contributed by atoms with Gasteiger partial charge in [0.2, 0.25) is 0 Å². The molecule has 4 rings (SSSR count). The van der Waals surface area contributed by atoms with Gasteiger partial charge in [-0.15, -0.1) is 11.3 Å². The van der Waals surface area contributed by atoms with Crippen LogP contribution in [0.4, 0.5) is 5.00 Å². The molecule has 2 amide bonds. The summed E-state index contributed by atoms with van der Waals surface area (Å²) in [5.74, 6) is -0.210. The third-order valence-electron chi connectivity index (χ3n) is 4.58. The monoisotopic (exact) mass is 355 g/mol. The zero-order valence-corrected chi connectivity index (χ0v) is 14.5. The van der Waals surface area contributed by atoms with Crippen molar-refractivity contribution in [3.63, 3.8) is 0 Å². The van der Waals surface area contributed by atoms with Crippen molar-refractivity contribution in [3.05, 3.63) is 46.2 Å². The number of benzene rings is 1. The number of rotatable bonds is 3. The van der Waals surface area contributed by atoms with Crippen molar-refractivity contribution in [1.29, 1.82) is 0 Å². The molecule has 3 aromatic rings. The number of fused-ring (bicyclic) bond motifs is 2. The van der Waals surface area contributed by atoms with E-state index in [1.54, 1.807) is 18.2 Å². The quantitative estimate of drug-likeness (QED) is 0.752. The molecule has 0 fully saturated rings. The molecule has 0 aliphatic heterocycles. The highest BCUT2D eigenvalue weighted by Gasteiger charge is 2.27. The smallest absolute Gasteiger partial charge is 0.256 e. The van der Waals surface area contributed by atoms with Crippen molar-refractivity contribution >= 4 is 39.3 Å². The summed E-state index contributed by atoms with van der Waals surface area (Å²) in [6.07, 6.45) is 4.11. The Hall–Kier alpha value is -2.67. The molecule has 3 N–H and O–H groups in total. The SMILES string of the molecule is CC1CCc2c(sc(NC(=O)c3ccc4ocnc4c3)c2C(N)=O)C1. The van der Waals surface area contributed by atoms with Crippen LogP contribution in [0.1, 0.15) is 44.5 Å². The first-order valence-electron chi connectivity index (χ1n) is 8.12. The molecule has 0 saturated carbocycles. The summed E-state index contributed by atoms with van der Waals surface area (Å²) < 4.78 is 5.18. The second kappa shape index (κ2) is 6.00. The Balaban J connectivity index is 1.67. The second-order valence-corrected chi connectivity index (χ2v) is 7.51. The fourth-order valence-electron chi connectivity index (χ4n) is 3.27. The summed E-state index contributed by atoms with van der Waals surface area (Å²) >= 11 is 1.46. The second-order valence-electron chi connectivity index (χ2n) is 6.41. The van der Waals surface area contributed by atoms with Crippen LogP contribution in [0.25, 0.3) is 11.1 Å². The first-order valence-corrected chi connectivity index (χ1v) is 8.93. The van der Waals surface area contributed by atoms with Gasteiger partial charge in [-0.05, 0) is 48.9 Å². The van der Waals surface area contributed by atoms with E-state index in [1.165, 1.54) is 17.7 Å². The highest BCUT2D eigenvalue weighted by atomic mass is 32.1. The number of primary amides is 1. The van der Waals surface area contributed by atoms with Crippen LogP contribution in [-0.4, -0.2) is 16.8 Å². The number of carbonyl (C=O) groups excluding carboxylic acids is 2. The number of hydrogen-bond donors (Lipinski definition) is 2. The maximum atomic E-state index is 12.6. The topological polar surface area (TPSA) is 98.2 Å². The van der Waals surface area contributed by atoms with Gasteiger partial charge in [-0.1, -0.05) is 6.92 Å². The Morgan fingerprint density at radius 3 is 3.04 bits per heavy atom. The number of carbonyl (C=O) groups is 2. The normalized spacial score (nSPS) is 16.6. The fourth-order valence-corrected chi connectivity index (χ4v) is 4.69. The van der Waals surface area contributed by atoms with E-state index in [9.17, 15) is 9.59 Å². The molecule has 6 nitrogen and oxygen atoms in total. The summed E-state index contributed by atoms with van der Waals surface area (Å²) in [7, 11) is 0. The van der Waals surface area contributed by atoms with Crippen LogP contribution in [0.3, 0.4) is 0 Å².